The fraction of sp³-hybridized carbons (Fsp3) is 0.333. The molecule has 0 saturated heterocycles. The summed E-state index contributed by atoms with van der Waals surface area (Å²) in [6.07, 6.45) is -6.02. The van der Waals surface area contributed by atoms with Crippen molar-refractivity contribution in [2.24, 2.45) is 0 Å². The molecule has 0 aliphatic carbocycles. The molecule has 0 saturated carbocycles. The van der Waals surface area contributed by atoms with Crippen molar-refractivity contribution in [3.05, 3.63) is 29.3 Å². The topological polar surface area (TPSA) is 73.1 Å². The van der Waals surface area contributed by atoms with E-state index in [0.29, 0.717) is 6.07 Å². The number of halogens is 4. The van der Waals surface area contributed by atoms with Crippen LogP contribution in [0, 0.1) is 11.3 Å². The molecule has 1 atom stereocenters. The Morgan fingerprint density at radius 1 is 1.45 bits per heavy atom. The molecule has 20 heavy (non-hydrogen) atoms. The van der Waals surface area contributed by atoms with Gasteiger partial charge in [0.15, 0.2) is 0 Å². The summed E-state index contributed by atoms with van der Waals surface area (Å²) in [6, 6.07) is 4.19. The van der Waals surface area contributed by atoms with Gasteiger partial charge in [-0.2, -0.15) is 18.4 Å². The molecule has 1 unspecified atom stereocenters. The molecule has 0 fully saturated rings. The first-order valence-electron chi connectivity index (χ1n) is 5.23. The zero-order valence-corrected chi connectivity index (χ0v) is 12.2. The summed E-state index contributed by atoms with van der Waals surface area (Å²) in [7, 11) is 0. The van der Waals surface area contributed by atoms with Gasteiger partial charge in [-0.25, -0.2) is 0 Å². The van der Waals surface area contributed by atoms with Gasteiger partial charge in [-0.3, -0.25) is 4.79 Å². The van der Waals surface area contributed by atoms with Crippen LogP contribution in [0.4, 0.5) is 18.9 Å². The molecule has 1 rings (SSSR count). The number of nitrogens with one attached hydrogen (secondary N) is 1. The Hall–Kier alpha value is -1.59. The minimum atomic E-state index is -4.68. The number of aliphatic hydroxyl groups excluding tert-OH is 1. The Bertz CT molecular complexity index is 510. The number of rotatable bonds is 2. The molecule has 2 N–H and O–H groups in total. The van der Waals surface area contributed by atoms with Crippen molar-refractivity contribution in [1.82, 2.24) is 0 Å². The predicted molar refractivity (Wildman–Crippen MR) is 71.3 cm³/mol. The van der Waals surface area contributed by atoms with Gasteiger partial charge in [0.1, 0.15) is 6.10 Å². The Kier molecular flexibility index (Phi) is 7.24. The van der Waals surface area contributed by atoms with Gasteiger partial charge in [-0.15, -0.1) is 0 Å². The molecule has 0 aromatic heterocycles. The first kappa shape index (κ1) is 18.4. The third kappa shape index (κ3) is 5.19. The summed E-state index contributed by atoms with van der Waals surface area (Å²) >= 11 is 2.94. The fourth-order valence-electron chi connectivity index (χ4n) is 1.20. The van der Waals surface area contributed by atoms with Crippen molar-refractivity contribution in [3.63, 3.8) is 0 Å². The molecule has 1 aromatic rings. The van der Waals surface area contributed by atoms with E-state index in [1.165, 1.54) is 13.0 Å². The molecule has 0 heterocycles. The zero-order chi connectivity index (χ0) is 15.9. The molecule has 4 nitrogen and oxygen atoms in total. The van der Waals surface area contributed by atoms with Crippen LogP contribution in [0.15, 0.2) is 18.2 Å². The highest BCUT2D eigenvalue weighted by Crippen LogP contribution is 2.33. The van der Waals surface area contributed by atoms with Crippen LogP contribution in [-0.2, 0) is 11.0 Å². The second kappa shape index (κ2) is 7.87. The van der Waals surface area contributed by atoms with Gasteiger partial charge in [0.05, 0.1) is 17.2 Å². The third-order valence-corrected chi connectivity index (χ3v) is 2.09. The number of hydrogen-bond donors (Lipinski definition) is 2. The van der Waals surface area contributed by atoms with E-state index in [9.17, 15) is 18.0 Å². The van der Waals surface area contributed by atoms with Crippen molar-refractivity contribution in [2.45, 2.75) is 19.2 Å². The van der Waals surface area contributed by atoms with Crippen molar-refractivity contribution in [2.75, 3.05) is 11.1 Å². The van der Waals surface area contributed by atoms with Gasteiger partial charge < -0.3 is 10.4 Å². The highest BCUT2D eigenvalue weighted by atomic mass is 79.9. The maximum atomic E-state index is 12.6. The molecule has 110 valence electrons. The predicted octanol–water partition coefficient (Wildman–Crippen LogP) is 2.91. The minimum Gasteiger partial charge on any atom is -0.384 e. The van der Waals surface area contributed by atoms with Crippen molar-refractivity contribution < 1.29 is 23.1 Å². The Morgan fingerprint density at radius 2 is 2.00 bits per heavy atom. The number of benzene rings is 1. The average Bonchev–Trinajstić information content (AvgIpc) is 2.39. The molecule has 8 heteroatoms. The standard InChI is InChI=1S/C11H9F3N2O2.CH3Br/c1-6(17)10(18)16-8-3-2-7(5-15)9(4-8)11(12,13)14;1-2/h2-4,6,17H,1H3,(H,16,18);1H3. The van der Waals surface area contributed by atoms with Crippen LogP contribution in [-0.4, -0.2) is 23.0 Å². The lowest BCUT2D eigenvalue weighted by molar-refractivity contribution is -0.137. The lowest BCUT2D eigenvalue weighted by Crippen LogP contribution is -2.24. The number of aliphatic hydroxyl groups is 1. The van der Waals surface area contributed by atoms with E-state index in [0.717, 1.165) is 12.1 Å². The van der Waals surface area contributed by atoms with Crippen LogP contribution >= 0.6 is 15.9 Å². The van der Waals surface area contributed by atoms with E-state index < -0.39 is 29.3 Å². The van der Waals surface area contributed by atoms with Gasteiger partial charge >= 0.3 is 6.18 Å². The second-order valence-corrected chi connectivity index (χ2v) is 3.54. The van der Waals surface area contributed by atoms with E-state index in [4.69, 9.17) is 10.4 Å². The highest BCUT2D eigenvalue weighted by molar-refractivity contribution is 9.08. The number of nitriles is 1. The first-order chi connectivity index (χ1) is 9.25. The molecule has 0 bridgehead atoms. The van der Waals surface area contributed by atoms with Crippen molar-refractivity contribution in [1.29, 1.82) is 5.26 Å². The van der Waals surface area contributed by atoms with Crippen LogP contribution in [0.2, 0.25) is 0 Å². The molecule has 0 spiro atoms. The summed E-state index contributed by atoms with van der Waals surface area (Å²) in [6.45, 7) is 1.18. The Labute approximate surface area is 122 Å². The largest absolute Gasteiger partial charge is 0.417 e. The van der Waals surface area contributed by atoms with Crippen molar-refractivity contribution >= 4 is 27.5 Å². The summed E-state index contributed by atoms with van der Waals surface area (Å²) in [5.74, 6) is 0.986. The zero-order valence-electron chi connectivity index (χ0n) is 10.6. The van der Waals surface area contributed by atoms with E-state index in [2.05, 4.69) is 21.2 Å². The minimum absolute atomic E-state index is 0.132. The number of anilines is 1. The SMILES string of the molecule is CBr.CC(O)C(=O)Nc1ccc(C#N)c(C(F)(F)F)c1. The lowest BCUT2D eigenvalue weighted by Gasteiger charge is -2.12. The van der Waals surface area contributed by atoms with E-state index >= 15 is 0 Å². The average molecular weight is 353 g/mol. The van der Waals surface area contributed by atoms with E-state index in [1.54, 1.807) is 0 Å². The van der Waals surface area contributed by atoms with Crippen LogP contribution in [0.5, 0.6) is 0 Å². The van der Waals surface area contributed by atoms with E-state index in [1.807, 2.05) is 5.83 Å². The number of nitrogens with zero attached hydrogens (tertiary/aromatic N) is 1. The summed E-state index contributed by atoms with van der Waals surface area (Å²) < 4.78 is 37.8. The molecule has 1 amide bonds. The van der Waals surface area contributed by atoms with E-state index in [-0.39, 0.29) is 5.69 Å². The second-order valence-electron chi connectivity index (χ2n) is 3.54. The molecule has 0 aliphatic heterocycles. The normalized spacial score (nSPS) is 11.7. The Morgan fingerprint density at radius 3 is 2.40 bits per heavy atom. The quantitative estimate of drug-likeness (QED) is 0.803. The van der Waals surface area contributed by atoms with Gasteiger partial charge in [0.2, 0.25) is 0 Å². The Balaban J connectivity index is 0.00000172. The first-order valence-corrected chi connectivity index (χ1v) is 6.82. The fourth-order valence-corrected chi connectivity index (χ4v) is 1.20. The molecule has 1 aromatic carbocycles. The summed E-state index contributed by atoms with van der Waals surface area (Å²) in [5, 5.41) is 19.6. The highest BCUT2D eigenvalue weighted by Gasteiger charge is 2.34. The number of hydrogen-bond acceptors (Lipinski definition) is 3. The molecular weight excluding hydrogens is 341 g/mol. The third-order valence-electron chi connectivity index (χ3n) is 2.09. The molecule has 0 radical (unpaired) electrons. The maximum absolute atomic E-state index is 12.6. The smallest absolute Gasteiger partial charge is 0.384 e. The molecular formula is C12H12BrF3N2O2. The number of amides is 1. The number of carbonyl (C=O) groups excluding carboxylic acids is 1. The lowest BCUT2D eigenvalue weighted by atomic mass is 10.1. The molecule has 0 aliphatic rings. The summed E-state index contributed by atoms with van der Waals surface area (Å²) in [5.41, 5.74) is -1.79. The number of alkyl halides is 4. The van der Waals surface area contributed by atoms with Gasteiger partial charge in [0.25, 0.3) is 5.91 Å². The van der Waals surface area contributed by atoms with Crippen LogP contribution in [0.1, 0.15) is 18.1 Å². The van der Waals surface area contributed by atoms with Gasteiger partial charge in [0, 0.05) is 5.69 Å². The van der Waals surface area contributed by atoms with Gasteiger partial charge in [-0.1, -0.05) is 15.9 Å². The number of carbonyl (C=O) groups is 1. The monoisotopic (exact) mass is 352 g/mol. The summed E-state index contributed by atoms with van der Waals surface area (Å²) in [4.78, 5) is 11.1. The van der Waals surface area contributed by atoms with Crippen molar-refractivity contribution in [3.8, 4) is 6.07 Å². The van der Waals surface area contributed by atoms with Crippen LogP contribution < -0.4 is 5.32 Å². The van der Waals surface area contributed by atoms with Crippen LogP contribution in [0.3, 0.4) is 0 Å². The van der Waals surface area contributed by atoms with Crippen LogP contribution in [0.25, 0.3) is 0 Å². The maximum Gasteiger partial charge on any atom is 0.417 e. The van der Waals surface area contributed by atoms with Gasteiger partial charge in [-0.05, 0) is 31.0 Å².